The van der Waals surface area contributed by atoms with Crippen LogP contribution in [0.25, 0.3) is 0 Å². The van der Waals surface area contributed by atoms with Crippen LogP contribution >= 0.6 is 0 Å². The molecule has 1 nitrogen and oxygen atoms in total. The molecule has 2 fully saturated rings. The van der Waals surface area contributed by atoms with Crippen molar-refractivity contribution in [2.75, 3.05) is 7.11 Å². The molecule has 0 amide bonds. The first-order chi connectivity index (χ1) is 10.2. The normalized spacial score (nSPS) is 32.3. The van der Waals surface area contributed by atoms with E-state index < -0.39 is 0 Å². The lowest BCUT2D eigenvalue weighted by molar-refractivity contribution is 0.133. The van der Waals surface area contributed by atoms with Gasteiger partial charge in [-0.1, -0.05) is 12.1 Å². The van der Waals surface area contributed by atoms with Crippen molar-refractivity contribution in [3.05, 3.63) is 42.2 Å². The summed E-state index contributed by atoms with van der Waals surface area (Å²) in [5.41, 5.74) is 1.15. The summed E-state index contributed by atoms with van der Waals surface area (Å²) >= 11 is 0. The number of methoxy groups -OCH3 is 1. The smallest absolute Gasteiger partial charge is 0.165 e. The summed E-state index contributed by atoms with van der Waals surface area (Å²) in [6.07, 6.45) is 9.76. The van der Waals surface area contributed by atoms with Crippen molar-refractivity contribution in [1.82, 2.24) is 0 Å². The maximum absolute atomic E-state index is 13.9. The van der Waals surface area contributed by atoms with E-state index >= 15 is 0 Å². The van der Waals surface area contributed by atoms with E-state index in [1.54, 1.807) is 12.1 Å². The lowest BCUT2D eigenvalue weighted by Gasteiger charge is -2.41. The van der Waals surface area contributed by atoms with Gasteiger partial charge in [0.2, 0.25) is 0 Å². The first-order valence-electron chi connectivity index (χ1n) is 8.17. The largest absolute Gasteiger partial charge is 0.494 e. The lowest BCUT2D eigenvalue weighted by atomic mass is 9.64. The van der Waals surface area contributed by atoms with Crippen LogP contribution in [0, 0.1) is 23.6 Å². The predicted molar refractivity (Wildman–Crippen MR) is 84.1 cm³/mol. The van der Waals surface area contributed by atoms with Crippen LogP contribution in [0.3, 0.4) is 0 Å². The Labute approximate surface area is 127 Å². The Morgan fingerprint density at radius 2 is 1.90 bits per heavy atom. The first-order valence-corrected chi connectivity index (χ1v) is 8.17. The molecule has 0 radical (unpaired) electrons. The Morgan fingerprint density at radius 3 is 2.62 bits per heavy atom. The van der Waals surface area contributed by atoms with Crippen LogP contribution in [0.2, 0.25) is 0 Å². The highest BCUT2D eigenvalue weighted by Crippen LogP contribution is 2.47. The van der Waals surface area contributed by atoms with Crippen LogP contribution in [-0.2, 0) is 0 Å². The third kappa shape index (κ3) is 3.00. The van der Waals surface area contributed by atoms with E-state index in [0.717, 1.165) is 23.3 Å². The summed E-state index contributed by atoms with van der Waals surface area (Å²) in [5, 5.41) is 0. The van der Waals surface area contributed by atoms with Crippen LogP contribution in [0.4, 0.5) is 4.39 Å². The fraction of sp³-hybridized carbons (Fsp3) is 0.579. The average Bonchev–Trinajstić information content (AvgIpc) is 2.53. The molecule has 4 unspecified atom stereocenters. The Morgan fingerprint density at radius 1 is 1.14 bits per heavy atom. The van der Waals surface area contributed by atoms with Crippen LogP contribution in [0.15, 0.2) is 30.9 Å². The molecule has 0 saturated heterocycles. The molecule has 2 heteroatoms. The molecule has 4 atom stereocenters. The van der Waals surface area contributed by atoms with E-state index in [0.29, 0.717) is 11.7 Å². The summed E-state index contributed by atoms with van der Waals surface area (Å²) < 4.78 is 18.9. The highest BCUT2D eigenvalue weighted by molar-refractivity contribution is 5.31. The van der Waals surface area contributed by atoms with Gasteiger partial charge in [-0.3, -0.25) is 0 Å². The van der Waals surface area contributed by atoms with Crippen LogP contribution in [0.1, 0.15) is 50.0 Å². The fourth-order valence-corrected chi connectivity index (χ4v) is 4.38. The van der Waals surface area contributed by atoms with Crippen molar-refractivity contribution < 1.29 is 9.13 Å². The number of allylic oxidation sites excluding steroid dienone is 1. The van der Waals surface area contributed by atoms with Gasteiger partial charge < -0.3 is 4.74 Å². The maximum Gasteiger partial charge on any atom is 0.165 e. The van der Waals surface area contributed by atoms with Gasteiger partial charge >= 0.3 is 0 Å². The minimum atomic E-state index is -0.229. The molecular weight excluding hydrogens is 263 g/mol. The molecule has 0 spiro atoms. The van der Waals surface area contributed by atoms with Crippen molar-refractivity contribution in [3.63, 3.8) is 0 Å². The molecule has 0 aromatic heterocycles. The number of hydrogen-bond donors (Lipinski definition) is 0. The molecule has 114 valence electrons. The standard InChI is InChI=1S/C19H25FO/c1-3-13-4-5-15-11-16(7-6-14(15)10-13)17-8-9-19(21-2)18(20)12-17/h3,8-9,12-16H,1,4-7,10-11H2,2H3. The quantitative estimate of drug-likeness (QED) is 0.684. The Kier molecular flexibility index (Phi) is 4.32. The van der Waals surface area contributed by atoms with E-state index in [4.69, 9.17) is 4.74 Å². The Bertz CT molecular complexity index is 510. The third-order valence-electron chi connectivity index (χ3n) is 5.63. The zero-order valence-corrected chi connectivity index (χ0v) is 12.9. The summed E-state index contributed by atoms with van der Waals surface area (Å²) in [6.45, 7) is 3.96. The fourth-order valence-electron chi connectivity index (χ4n) is 4.38. The summed E-state index contributed by atoms with van der Waals surface area (Å²) in [4.78, 5) is 0. The molecule has 1 aromatic carbocycles. The van der Waals surface area contributed by atoms with Crippen molar-refractivity contribution in [2.24, 2.45) is 17.8 Å². The molecule has 21 heavy (non-hydrogen) atoms. The van der Waals surface area contributed by atoms with Gasteiger partial charge in [-0.25, -0.2) is 4.39 Å². The lowest BCUT2D eigenvalue weighted by Crippen LogP contribution is -2.29. The van der Waals surface area contributed by atoms with E-state index in [2.05, 4.69) is 12.7 Å². The first kappa shape index (κ1) is 14.6. The van der Waals surface area contributed by atoms with Gasteiger partial charge in [0.15, 0.2) is 11.6 Å². The van der Waals surface area contributed by atoms with Gasteiger partial charge in [0.05, 0.1) is 7.11 Å². The Hall–Kier alpha value is -1.31. The second-order valence-electron chi connectivity index (χ2n) is 6.73. The molecule has 0 aliphatic heterocycles. The van der Waals surface area contributed by atoms with Gasteiger partial charge in [0.1, 0.15) is 0 Å². The average molecular weight is 288 g/mol. The summed E-state index contributed by atoms with van der Waals surface area (Å²) in [6, 6.07) is 5.49. The minimum absolute atomic E-state index is 0.229. The van der Waals surface area contributed by atoms with Crippen molar-refractivity contribution >= 4 is 0 Å². The van der Waals surface area contributed by atoms with Crippen LogP contribution in [0.5, 0.6) is 5.75 Å². The van der Waals surface area contributed by atoms with E-state index in [-0.39, 0.29) is 5.82 Å². The molecule has 2 aliphatic rings. The maximum atomic E-state index is 13.9. The van der Waals surface area contributed by atoms with Gasteiger partial charge in [-0.2, -0.15) is 0 Å². The SMILES string of the molecule is C=CC1CCC2CC(c3ccc(OC)c(F)c3)CCC2C1. The zero-order chi connectivity index (χ0) is 14.8. The number of benzene rings is 1. The zero-order valence-electron chi connectivity index (χ0n) is 12.9. The van der Waals surface area contributed by atoms with E-state index in [1.807, 2.05) is 6.07 Å². The van der Waals surface area contributed by atoms with Gasteiger partial charge in [-0.05, 0) is 79.9 Å². The molecule has 2 saturated carbocycles. The van der Waals surface area contributed by atoms with E-state index in [1.165, 1.54) is 45.6 Å². The van der Waals surface area contributed by atoms with Crippen LogP contribution in [-0.4, -0.2) is 7.11 Å². The van der Waals surface area contributed by atoms with E-state index in [9.17, 15) is 4.39 Å². The van der Waals surface area contributed by atoms with Crippen molar-refractivity contribution in [3.8, 4) is 5.75 Å². The van der Waals surface area contributed by atoms with Crippen molar-refractivity contribution in [1.29, 1.82) is 0 Å². The van der Waals surface area contributed by atoms with Gasteiger partial charge in [0.25, 0.3) is 0 Å². The molecule has 0 heterocycles. The monoisotopic (exact) mass is 288 g/mol. The highest BCUT2D eigenvalue weighted by Gasteiger charge is 2.35. The van der Waals surface area contributed by atoms with Crippen molar-refractivity contribution in [2.45, 2.75) is 44.4 Å². The second kappa shape index (κ2) is 6.21. The van der Waals surface area contributed by atoms with Crippen LogP contribution < -0.4 is 4.74 Å². The molecule has 0 N–H and O–H groups in total. The minimum Gasteiger partial charge on any atom is -0.494 e. The molecule has 0 bridgehead atoms. The molecule has 1 aromatic rings. The number of ether oxygens (including phenoxy) is 1. The van der Waals surface area contributed by atoms with Gasteiger partial charge in [0, 0.05) is 0 Å². The third-order valence-corrected chi connectivity index (χ3v) is 5.63. The predicted octanol–water partition coefficient (Wildman–Crippen LogP) is 5.32. The topological polar surface area (TPSA) is 9.23 Å². The highest BCUT2D eigenvalue weighted by atomic mass is 19.1. The summed E-state index contributed by atoms with van der Waals surface area (Å²) in [7, 11) is 1.52. The van der Waals surface area contributed by atoms with Gasteiger partial charge in [-0.15, -0.1) is 6.58 Å². The second-order valence-corrected chi connectivity index (χ2v) is 6.73. The number of hydrogen-bond acceptors (Lipinski definition) is 1. The molecule has 3 rings (SSSR count). The Balaban J connectivity index is 1.69. The molecular formula is C19H25FO. The summed E-state index contributed by atoms with van der Waals surface area (Å²) in [5.74, 6) is 3.05. The number of fused-ring (bicyclic) bond motifs is 1. The number of rotatable bonds is 3. The molecule has 2 aliphatic carbocycles. The number of halogens is 1.